The van der Waals surface area contributed by atoms with Crippen LogP contribution in [0.15, 0.2) is 72.9 Å². The zero-order chi connectivity index (χ0) is 16.1. The van der Waals surface area contributed by atoms with Gasteiger partial charge in [-0.05, 0) is 49.4 Å². The highest BCUT2D eigenvalue weighted by Crippen LogP contribution is 2.23. The van der Waals surface area contributed by atoms with Gasteiger partial charge >= 0.3 is 0 Å². The number of nitrogens with zero attached hydrogens (tertiary/aromatic N) is 2. The molecule has 3 aromatic heterocycles. The Labute approximate surface area is 139 Å². The normalized spacial score (nSPS) is 11.7. The molecular formula is C21H18N3+. The molecule has 3 nitrogen and oxygen atoms in total. The van der Waals surface area contributed by atoms with Crippen LogP contribution in [0.2, 0.25) is 0 Å². The van der Waals surface area contributed by atoms with Crippen molar-refractivity contribution in [1.29, 1.82) is 0 Å². The minimum atomic E-state index is 0.933. The first-order valence-corrected chi connectivity index (χ1v) is 8.36. The van der Waals surface area contributed by atoms with Crippen molar-refractivity contribution in [3.8, 4) is 0 Å². The molecule has 0 spiro atoms. The smallest absolute Gasteiger partial charge is 0.292 e. The average molecular weight is 312 g/mol. The van der Waals surface area contributed by atoms with Crippen LogP contribution >= 0.6 is 0 Å². The summed E-state index contributed by atoms with van der Waals surface area (Å²) in [4.78, 5) is 0. The number of fused-ring (bicyclic) bond motifs is 7. The van der Waals surface area contributed by atoms with Crippen molar-refractivity contribution in [2.75, 3.05) is 11.9 Å². The monoisotopic (exact) mass is 312 g/mol. The van der Waals surface area contributed by atoms with Crippen LogP contribution in [0.1, 0.15) is 6.92 Å². The van der Waals surface area contributed by atoms with Gasteiger partial charge < -0.3 is 5.32 Å². The average Bonchev–Trinajstić information content (AvgIpc) is 3.01. The molecule has 5 aromatic rings. The second kappa shape index (κ2) is 4.96. The highest BCUT2D eigenvalue weighted by atomic mass is 15.1. The van der Waals surface area contributed by atoms with Crippen LogP contribution in [-0.4, -0.2) is 10.9 Å². The molecule has 0 bridgehead atoms. The number of hydrogen-bond donors (Lipinski definition) is 1. The number of benzene rings is 2. The number of para-hydroxylation sites is 1. The number of nitrogens with one attached hydrogen (secondary N) is 1. The summed E-state index contributed by atoms with van der Waals surface area (Å²) < 4.78 is 4.61. The van der Waals surface area contributed by atoms with Gasteiger partial charge in [-0.3, -0.25) is 0 Å². The molecule has 0 aliphatic carbocycles. The summed E-state index contributed by atoms with van der Waals surface area (Å²) >= 11 is 0. The fourth-order valence-electron chi connectivity index (χ4n) is 3.62. The lowest BCUT2D eigenvalue weighted by Gasteiger charge is -2.04. The van der Waals surface area contributed by atoms with Crippen LogP contribution in [0.25, 0.3) is 33.0 Å². The molecule has 0 fully saturated rings. The minimum Gasteiger partial charge on any atom is -0.385 e. The Kier molecular flexibility index (Phi) is 2.77. The third kappa shape index (κ3) is 1.81. The molecular weight excluding hydrogens is 294 g/mol. The van der Waals surface area contributed by atoms with Gasteiger partial charge in [0.15, 0.2) is 5.52 Å². The predicted octanol–water partition coefficient (Wildman–Crippen LogP) is 4.42. The Bertz CT molecular complexity index is 1220. The highest BCUT2D eigenvalue weighted by Gasteiger charge is 2.16. The van der Waals surface area contributed by atoms with E-state index in [9.17, 15) is 0 Å². The van der Waals surface area contributed by atoms with E-state index in [0.717, 1.165) is 6.54 Å². The van der Waals surface area contributed by atoms with Crippen molar-refractivity contribution in [1.82, 2.24) is 4.40 Å². The summed E-state index contributed by atoms with van der Waals surface area (Å²) in [5, 5.41) is 5.89. The van der Waals surface area contributed by atoms with E-state index in [2.05, 4.69) is 94.0 Å². The molecule has 0 saturated carbocycles. The van der Waals surface area contributed by atoms with E-state index in [1.807, 2.05) is 0 Å². The molecule has 0 saturated heterocycles. The van der Waals surface area contributed by atoms with Gasteiger partial charge in [-0.1, -0.05) is 18.2 Å². The van der Waals surface area contributed by atoms with Crippen LogP contribution in [0.5, 0.6) is 0 Å². The number of aromatic nitrogens is 2. The number of rotatable bonds is 2. The van der Waals surface area contributed by atoms with Crippen LogP contribution < -0.4 is 9.72 Å². The third-order valence-corrected chi connectivity index (χ3v) is 4.69. The van der Waals surface area contributed by atoms with Crippen LogP contribution in [0, 0.1) is 0 Å². The Morgan fingerprint density at radius 2 is 1.79 bits per heavy atom. The van der Waals surface area contributed by atoms with Gasteiger partial charge in [0.25, 0.3) is 5.65 Å². The molecule has 24 heavy (non-hydrogen) atoms. The van der Waals surface area contributed by atoms with Gasteiger partial charge in [-0.25, -0.2) is 0 Å². The lowest BCUT2D eigenvalue weighted by Crippen LogP contribution is -2.19. The van der Waals surface area contributed by atoms with Crippen molar-refractivity contribution < 1.29 is 4.40 Å². The molecule has 1 N–H and O–H groups in total. The first-order chi connectivity index (χ1) is 11.8. The molecule has 3 heterocycles. The largest absolute Gasteiger partial charge is 0.385 e. The van der Waals surface area contributed by atoms with Gasteiger partial charge in [0.1, 0.15) is 17.2 Å². The molecule has 0 aliphatic heterocycles. The molecule has 0 amide bonds. The number of hydrogen-bond acceptors (Lipinski definition) is 1. The van der Waals surface area contributed by atoms with Crippen molar-refractivity contribution in [3.05, 3.63) is 72.9 Å². The first-order valence-electron chi connectivity index (χ1n) is 8.36. The Balaban J connectivity index is 1.92. The van der Waals surface area contributed by atoms with Gasteiger partial charge in [-0.2, -0.15) is 8.80 Å². The van der Waals surface area contributed by atoms with Crippen molar-refractivity contribution in [3.63, 3.8) is 0 Å². The zero-order valence-corrected chi connectivity index (χ0v) is 13.5. The van der Waals surface area contributed by atoms with Gasteiger partial charge in [0.05, 0.1) is 0 Å². The van der Waals surface area contributed by atoms with Crippen LogP contribution in [0.4, 0.5) is 5.69 Å². The molecule has 0 radical (unpaired) electrons. The molecule has 3 heteroatoms. The second-order valence-electron chi connectivity index (χ2n) is 6.15. The topological polar surface area (TPSA) is 20.5 Å². The van der Waals surface area contributed by atoms with Gasteiger partial charge in [0, 0.05) is 29.1 Å². The van der Waals surface area contributed by atoms with Crippen molar-refractivity contribution in [2.45, 2.75) is 6.92 Å². The van der Waals surface area contributed by atoms with Crippen LogP contribution in [-0.2, 0) is 0 Å². The van der Waals surface area contributed by atoms with E-state index >= 15 is 0 Å². The molecule has 0 atom stereocenters. The summed E-state index contributed by atoms with van der Waals surface area (Å²) in [6.07, 6.45) is 2.22. The zero-order valence-electron chi connectivity index (χ0n) is 13.5. The number of imidazole rings is 1. The quantitative estimate of drug-likeness (QED) is 0.479. The number of anilines is 1. The van der Waals surface area contributed by atoms with Crippen molar-refractivity contribution >= 4 is 38.7 Å². The summed E-state index contributed by atoms with van der Waals surface area (Å²) in [5.74, 6) is 0. The predicted molar refractivity (Wildman–Crippen MR) is 99.7 cm³/mol. The van der Waals surface area contributed by atoms with Crippen molar-refractivity contribution in [2.24, 2.45) is 0 Å². The Morgan fingerprint density at radius 1 is 0.917 bits per heavy atom. The lowest BCUT2D eigenvalue weighted by atomic mass is 10.2. The summed E-state index contributed by atoms with van der Waals surface area (Å²) in [6.45, 7) is 3.05. The van der Waals surface area contributed by atoms with E-state index < -0.39 is 0 Å². The third-order valence-electron chi connectivity index (χ3n) is 4.69. The van der Waals surface area contributed by atoms with Gasteiger partial charge in [-0.15, -0.1) is 0 Å². The lowest BCUT2D eigenvalue weighted by molar-refractivity contribution is -0.479. The Morgan fingerprint density at radius 3 is 2.71 bits per heavy atom. The highest BCUT2D eigenvalue weighted by molar-refractivity contribution is 5.88. The van der Waals surface area contributed by atoms with E-state index in [0.29, 0.717) is 0 Å². The van der Waals surface area contributed by atoms with E-state index in [1.54, 1.807) is 0 Å². The minimum absolute atomic E-state index is 0.933. The maximum absolute atomic E-state index is 3.39. The maximum Gasteiger partial charge on any atom is 0.292 e. The molecule has 5 rings (SSSR count). The summed E-state index contributed by atoms with van der Waals surface area (Å²) in [6, 6.07) is 23.9. The summed E-state index contributed by atoms with van der Waals surface area (Å²) in [7, 11) is 0. The summed E-state index contributed by atoms with van der Waals surface area (Å²) in [5.41, 5.74) is 6.02. The van der Waals surface area contributed by atoms with E-state index in [4.69, 9.17) is 0 Å². The fourth-order valence-corrected chi connectivity index (χ4v) is 3.62. The van der Waals surface area contributed by atoms with Gasteiger partial charge in [0.2, 0.25) is 0 Å². The molecule has 0 unspecified atom stereocenters. The maximum atomic E-state index is 3.39. The molecule has 2 aromatic carbocycles. The second-order valence-corrected chi connectivity index (χ2v) is 6.15. The molecule has 116 valence electrons. The number of pyridine rings is 2. The van der Waals surface area contributed by atoms with Crippen LogP contribution in [0.3, 0.4) is 0 Å². The Hall–Kier alpha value is -3.07. The van der Waals surface area contributed by atoms with E-state index in [1.165, 1.54) is 38.7 Å². The fraction of sp³-hybridized carbons (Fsp3) is 0.0952. The first kappa shape index (κ1) is 13.4. The van der Waals surface area contributed by atoms with E-state index in [-0.39, 0.29) is 0 Å². The molecule has 0 aliphatic rings. The SMILES string of the molecule is CCNc1ccc2c(ccc3c[n+]4c5ccccc5ccc4n32)c1. The standard InChI is InChI=1S/C21H18N3/c1-2-22-17-9-11-20-16(13-17)7-10-18-14-23-19-6-4-3-5-15(19)8-12-21(23)24(18)20/h3-14,22H,2H2,1H3/q+1.